The first kappa shape index (κ1) is 49.5. The van der Waals surface area contributed by atoms with E-state index in [1.807, 2.05) is 4.90 Å². The first-order valence-corrected chi connectivity index (χ1v) is 22.7. The maximum Gasteiger partial charge on any atom is 0.266 e. The van der Waals surface area contributed by atoms with E-state index in [1.165, 1.54) is 38.6 Å². The summed E-state index contributed by atoms with van der Waals surface area (Å²) in [6.07, 6.45) is 8.87. The fourth-order valence-electron chi connectivity index (χ4n) is 8.01. The molecular formula is C47H55ClN8O11. The van der Waals surface area contributed by atoms with E-state index in [-0.39, 0.29) is 89.4 Å². The van der Waals surface area contributed by atoms with Crippen LogP contribution in [0.25, 0.3) is 6.08 Å². The van der Waals surface area contributed by atoms with Gasteiger partial charge in [0.05, 0.1) is 30.5 Å². The zero-order valence-corrected chi connectivity index (χ0v) is 38.3. The van der Waals surface area contributed by atoms with Crippen LogP contribution in [-0.2, 0) is 33.5 Å². The molecule has 67 heavy (non-hydrogen) atoms. The molecule has 1 unspecified atom stereocenters. The molecule has 3 aliphatic rings. The quantitative estimate of drug-likeness (QED) is 0.0382. The van der Waals surface area contributed by atoms with Gasteiger partial charge >= 0.3 is 0 Å². The number of carbonyl (C=O) groups excluding carboxylic acids is 8. The Morgan fingerprint density at radius 2 is 1.66 bits per heavy atom. The maximum absolute atomic E-state index is 13.5. The van der Waals surface area contributed by atoms with Crippen LogP contribution in [0.4, 0.5) is 17.5 Å². The number of allylic oxidation sites excluding steroid dienone is 1. The van der Waals surface area contributed by atoms with Crippen LogP contribution >= 0.6 is 11.6 Å². The second-order valence-corrected chi connectivity index (χ2v) is 16.7. The van der Waals surface area contributed by atoms with Crippen LogP contribution < -0.4 is 35.6 Å². The molecule has 356 valence electrons. The molecule has 1 saturated heterocycles. The predicted octanol–water partition coefficient (Wildman–Crippen LogP) is 4.34. The van der Waals surface area contributed by atoms with Crippen LogP contribution in [0.3, 0.4) is 0 Å². The van der Waals surface area contributed by atoms with Gasteiger partial charge in [0.1, 0.15) is 22.3 Å². The summed E-state index contributed by atoms with van der Waals surface area (Å²) in [5, 5.41) is 11.8. The zero-order valence-electron chi connectivity index (χ0n) is 37.5. The molecular weight excluding hydrogens is 888 g/mol. The number of likely N-dealkylation sites (N-methyl/N-ethyl adjacent to an activating group) is 1. The van der Waals surface area contributed by atoms with Crippen LogP contribution in [0.2, 0.25) is 5.02 Å². The number of imide groups is 1. The number of ether oxygens (including phenoxy) is 3. The summed E-state index contributed by atoms with van der Waals surface area (Å²) >= 11 is 6.49. The minimum atomic E-state index is -1.02. The van der Waals surface area contributed by atoms with Gasteiger partial charge in [0, 0.05) is 70.2 Å². The SMILES string of the molecule is CNC(=O)CO/C(C=O)=C/c1cc(Nc2nc(N3CCC(C(=O)NCCCCCCNC(=O)COc4cccc5c4C(=O)N(C4CCC(=O)CCCC4=O)C5=O)CC3)ncc2Cl)cc(OC)c1. The van der Waals surface area contributed by atoms with Gasteiger partial charge in [0.2, 0.25) is 11.9 Å². The average molecular weight is 943 g/mol. The molecule has 19 nitrogen and oxygen atoms in total. The second-order valence-electron chi connectivity index (χ2n) is 16.3. The minimum Gasteiger partial charge on any atom is -0.497 e. The number of methoxy groups -OCH3 is 1. The van der Waals surface area contributed by atoms with Gasteiger partial charge in [-0.1, -0.05) is 30.5 Å². The van der Waals surface area contributed by atoms with Crippen LogP contribution in [-0.4, -0.2) is 122 Å². The molecule has 1 aliphatic carbocycles. The lowest BCUT2D eigenvalue weighted by atomic mass is 9.94. The van der Waals surface area contributed by atoms with E-state index in [0.29, 0.717) is 93.3 Å². The highest BCUT2D eigenvalue weighted by atomic mass is 35.5. The summed E-state index contributed by atoms with van der Waals surface area (Å²) < 4.78 is 16.4. The number of hydrogen-bond donors (Lipinski definition) is 4. The molecule has 2 aliphatic heterocycles. The van der Waals surface area contributed by atoms with Crippen LogP contribution in [0.5, 0.6) is 11.5 Å². The minimum absolute atomic E-state index is 0.00130. The molecule has 2 fully saturated rings. The Kier molecular flexibility index (Phi) is 17.8. The van der Waals surface area contributed by atoms with Crippen molar-refractivity contribution in [2.75, 3.05) is 63.8 Å². The van der Waals surface area contributed by atoms with Gasteiger partial charge in [0.25, 0.3) is 23.6 Å². The highest BCUT2D eigenvalue weighted by molar-refractivity contribution is 6.33. The molecule has 3 heterocycles. The summed E-state index contributed by atoms with van der Waals surface area (Å²) in [6.45, 7) is 1.37. The third-order valence-electron chi connectivity index (χ3n) is 11.6. The largest absolute Gasteiger partial charge is 0.497 e. The number of aromatic nitrogens is 2. The summed E-state index contributed by atoms with van der Waals surface area (Å²) in [6, 6.07) is 8.68. The zero-order chi connectivity index (χ0) is 47.9. The fraction of sp³-hybridized carbons (Fsp3) is 0.447. The van der Waals surface area contributed by atoms with Crippen molar-refractivity contribution >= 4 is 82.5 Å². The first-order chi connectivity index (χ1) is 32.4. The van der Waals surface area contributed by atoms with Crippen LogP contribution in [0, 0.1) is 5.92 Å². The Hall–Kier alpha value is -6.89. The topological polar surface area (TPSA) is 245 Å². The number of hydrogen-bond acceptors (Lipinski definition) is 15. The van der Waals surface area contributed by atoms with Crippen molar-refractivity contribution in [3.05, 3.63) is 70.1 Å². The van der Waals surface area contributed by atoms with E-state index < -0.39 is 23.8 Å². The van der Waals surface area contributed by atoms with Gasteiger partial charge in [-0.3, -0.25) is 43.3 Å². The van der Waals surface area contributed by atoms with E-state index in [2.05, 4.69) is 31.2 Å². The Bertz CT molecular complexity index is 2390. The molecule has 1 saturated carbocycles. The highest BCUT2D eigenvalue weighted by Crippen LogP contribution is 2.35. The molecule has 0 radical (unpaired) electrons. The number of amides is 5. The third kappa shape index (κ3) is 13.4. The molecule has 0 bridgehead atoms. The van der Waals surface area contributed by atoms with Crippen molar-refractivity contribution in [1.82, 2.24) is 30.8 Å². The predicted molar refractivity (Wildman–Crippen MR) is 246 cm³/mol. The van der Waals surface area contributed by atoms with Gasteiger partial charge in [-0.2, -0.15) is 4.98 Å². The number of nitrogens with zero attached hydrogens (tertiary/aromatic N) is 4. The summed E-state index contributed by atoms with van der Waals surface area (Å²) in [5.41, 5.74) is 1.22. The molecule has 1 atom stereocenters. The maximum atomic E-state index is 13.5. The Balaban J connectivity index is 0.874. The van der Waals surface area contributed by atoms with Gasteiger partial charge in [-0.15, -0.1) is 0 Å². The number of unbranched alkanes of at least 4 members (excludes halogenated alkanes) is 3. The Labute approximate surface area is 392 Å². The highest BCUT2D eigenvalue weighted by Gasteiger charge is 2.44. The van der Waals surface area contributed by atoms with Gasteiger partial charge in [-0.25, -0.2) is 4.98 Å². The molecule has 1 aromatic heterocycles. The number of halogens is 1. The molecule has 0 spiro atoms. The summed E-state index contributed by atoms with van der Waals surface area (Å²) in [4.78, 5) is 112. The monoisotopic (exact) mass is 942 g/mol. The van der Waals surface area contributed by atoms with Crippen LogP contribution in [0.1, 0.15) is 96.9 Å². The lowest BCUT2D eigenvalue weighted by molar-refractivity contribution is -0.126. The van der Waals surface area contributed by atoms with E-state index in [1.54, 1.807) is 24.3 Å². The van der Waals surface area contributed by atoms with Crippen molar-refractivity contribution in [3.8, 4) is 11.5 Å². The van der Waals surface area contributed by atoms with E-state index in [0.717, 1.165) is 24.2 Å². The number of carbonyl (C=O) groups is 8. The van der Waals surface area contributed by atoms with E-state index >= 15 is 0 Å². The normalized spacial score (nSPS) is 16.7. The third-order valence-corrected chi connectivity index (χ3v) is 11.9. The molecule has 2 aromatic carbocycles. The fourth-order valence-corrected chi connectivity index (χ4v) is 8.15. The number of ketones is 2. The van der Waals surface area contributed by atoms with Gasteiger partial charge in [0.15, 0.2) is 36.9 Å². The summed E-state index contributed by atoms with van der Waals surface area (Å²) in [7, 11) is 2.97. The van der Waals surface area contributed by atoms with Gasteiger partial charge in [-0.05, 0) is 74.4 Å². The lowest BCUT2D eigenvalue weighted by Crippen LogP contribution is -2.45. The van der Waals surface area contributed by atoms with Gasteiger partial charge < -0.3 is 40.4 Å². The lowest BCUT2D eigenvalue weighted by Gasteiger charge is -2.31. The molecule has 5 amide bonds. The number of fused-ring (bicyclic) bond motifs is 1. The molecule has 20 heteroatoms. The van der Waals surface area contributed by atoms with Crippen molar-refractivity contribution in [2.45, 2.75) is 76.7 Å². The van der Waals surface area contributed by atoms with Crippen molar-refractivity contribution in [1.29, 1.82) is 0 Å². The van der Waals surface area contributed by atoms with Crippen molar-refractivity contribution < 1.29 is 52.6 Å². The van der Waals surface area contributed by atoms with Crippen LogP contribution in [0.15, 0.2) is 48.4 Å². The molecule has 3 aromatic rings. The number of Topliss-reactive ketones (excluding diaryl/α,β-unsaturated/α-hetero) is 2. The Morgan fingerprint density at radius 3 is 2.39 bits per heavy atom. The smallest absolute Gasteiger partial charge is 0.266 e. The second kappa shape index (κ2) is 24.0. The number of benzene rings is 2. The summed E-state index contributed by atoms with van der Waals surface area (Å²) in [5.74, 6) is -1.17. The van der Waals surface area contributed by atoms with Crippen molar-refractivity contribution in [3.63, 3.8) is 0 Å². The molecule has 4 N–H and O–H groups in total. The number of nitrogens with one attached hydrogen (secondary N) is 4. The number of anilines is 3. The van der Waals surface area contributed by atoms with E-state index in [4.69, 9.17) is 25.8 Å². The average Bonchev–Trinajstić information content (AvgIpc) is 3.58. The Morgan fingerprint density at radius 1 is 0.896 bits per heavy atom. The number of rotatable bonds is 21. The standard InChI is InChI=1S/C47H55ClN8O11/c1-49-40(60)27-66-34(26-57)23-29-21-31(24-33(22-29)65-2)53-43-36(48)25-52-47(54-43)55-19-15-30(16-20-55)44(62)51-18-6-4-3-5-17-50-41(61)28-67-39-12-8-10-35-42(39)46(64)56(45(35)63)37-14-13-32(58)9-7-11-38(37)59/h8,10,12,21-26,30,37H,3-7,9,11,13-20,27-28H2,1-2H3,(H,49,60)(H,50,61)(H,51,62)(H,52,53,54)/b34-23+. The number of piperidine rings is 1. The van der Waals surface area contributed by atoms with Crippen molar-refractivity contribution in [2.24, 2.45) is 5.92 Å². The molecule has 6 rings (SSSR count). The van der Waals surface area contributed by atoms with E-state index in [9.17, 15) is 38.4 Å². The first-order valence-electron chi connectivity index (χ1n) is 22.3. The number of aldehydes is 1.